The summed E-state index contributed by atoms with van der Waals surface area (Å²) in [6, 6.07) is 0. The first-order valence-electron chi connectivity index (χ1n) is 5.22. The number of rotatable bonds is 3. The van der Waals surface area contributed by atoms with E-state index < -0.39 is 0 Å². The van der Waals surface area contributed by atoms with Crippen molar-refractivity contribution in [1.82, 2.24) is 4.90 Å². The molecule has 3 nitrogen and oxygen atoms in total. The second-order valence-corrected chi connectivity index (χ2v) is 3.95. The molecule has 1 aliphatic heterocycles. The van der Waals surface area contributed by atoms with Crippen molar-refractivity contribution in [1.29, 1.82) is 0 Å². The van der Waals surface area contributed by atoms with Crippen LogP contribution in [0.4, 0.5) is 0 Å². The number of nitrogens with zero attached hydrogens (tertiary/aromatic N) is 1. The van der Waals surface area contributed by atoms with E-state index in [-0.39, 0.29) is 11.5 Å². The summed E-state index contributed by atoms with van der Waals surface area (Å²) in [4.78, 5) is 14.0. The SMILES string of the molecule is CCOC(=O)C1(N2CCCC2)CC1. The first-order chi connectivity index (χ1) is 6.29. The summed E-state index contributed by atoms with van der Waals surface area (Å²) >= 11 is 0. The maximum Gasteiger partial charge on any atom is 0.326 e. The zero-order chi connectivity index (χ0) is 9.31. The van der Waals surface area contributed by atoms with E-state index in [4.69, 9.17) is 4.74 Å². The third kappa shape index (κ3) is 1.46. The Morgan fingerprint density at radius 2 is 2.00 bits per heavy atom. The van der Waals surface area contributed by atoms with Crippen molar-refractivity contribution < 1.29 is 9.53 Å². The first-order valence-corrected chi connectivity index (χ1v) is 5.22. The van der Waals surface area contributed by atoms with Gasteiger partial charge in [0.1, 0.15) is 5.54 Å². The summed E-state index contributed by atoms with van der Waals surface area (Å²) in [5.41, 5.74) is -0.188. The smallest absolute Gasteiger partial charge is 0.326 e. The van der Waals surface area contributed by atoms with Gasteiger partial charge in [-0.2, -0.15) is 0 Å². The molecular weight excluding hydrogens is 166 g/mol. The summed E-state index contributed by atoms with van der Waals surface area (Å²) in [7, 11) is 0. The molecule has 0 N–H and O–H groups in total. The van der Waals surface area contributed by atoms with E-state index in [0.29, 0.717) is 6.61 Å². The topological polar surface area (TPSA) is 29.5 Å². The molecule has 0 bridgehead atoms. The quantitative estimate of drug-likeness (QED) is 0.615. The molecule has 13 heavy (non-hydrogen) atoms. The molecule has 0 spiro atoms. The van der Waals surface area contributed by atoms with Crippen molar-refractivity contribution in [3.8, 4) is 0 Å². The van der Waals surface area contributed by atoms with Crippen molar-refractivity contribution in [3.05, 3.63) is 0 Å². The number of ether oxygens (including phenoxy) is 1. The lowest BCUT2D eigenvalue weighted by Gasteiger charge is -2.24. The van der Waals surface area contributed by atoms with Crippen molar-refractivity contribution in [3.63, 3.8) is 0 Å². The van der Waals surface area contributed by atoms with Gasteiger partial charge in [0.15, 0.2) is 0 Å². The monoisotopic (exact) mass is 183 g/mol. The molecule has 0 aromatic carbocycles. The minimum atomic E-state index is -0.188. The summed E-state index contributed by atoms with van der Waals surface area (Å²) in [6.07, 6.45) is 4.49. The minimum absolute atomic E-state index is 0.0110. The maximum absolute atomic E-state index is 11.7. The van der Waals surface area contributed by atoms with Crippen molar-refractivity contribution in [2.45, 2.75) is 38.1 Å². The molecule has 1 aliphatic carbocycles. The third-order valence-electron chi connectivity index (χ3n) is 3.09. The van der Waals surface area contributed by atoms with E-state index in [1.165, 1.54) is 12.8 Å². The normalized spacial score (nSPS) is 25.9. The van der Waals surface area contributed by atoms with Crippen molar-refractivity contribution in [2.75, 3.05) is 19.7 Å². The molecular formula is C10H17NO2. The van der Waals surface area contributed by atoms with E-state index in [2.05, 4.69) is 4.90 Å². The Hall–Kier alpha value is -0.570. The van der Waals surface area contributed by atoms with E-state index >= 15 is 0 Å². The van der Waals surface area contributed by atoms with Crippen LogP contribution in [0.15, 0.2) is 0 Å². The van der Waals surface area contributed by atoms with Gasteiger partial charge in [-0.05, 0) is 45.7 Å². The summed E-state index contributed by atoms with van der Waals surface area (Å²) in [5.74, 6) is 0.0110. The van der Waals surface area contributed by atoms with E-state index in [0.717, 1.165) is 25.9 Å². The lowest BCUT2D eigenvalue weighted by atomic mass is 10.2. The Morgan fingerprint density at radius 1 is 1.38 bits per heavy atom. The molecule has 0 unspecified atom stereocenters. The highest BCUT2D eigenvalue weighted by atomic mass is 16.5. The van der Waals surface area contributed by atoms with Crippen LogP contribution in [0.5, 0.6) is 0 Å². The van der Waals surface area contributed by atoms with Gasteiger partial charge in [0.2, 0.25) is 0 Å². The molecule has 0 amide bonds. The van der Waals surface area contributed by atoms with Crippen LogP contribution >= 0.6 is 0 Å². The molecule has 0 aromatic heterocycles. The highest BCUT2D eigenvalue weighted by Crippen LogP contribution is 2.44. The molecule has 1 heterocycles. The van der Waals surface area contributed by atoms with Crippen LogP contribution in [0.2, 0.25) is 0 Å². The van der Waals surface area contributed by atoms with Gasteiger partial charge in [0.25, 0.3) is 0 Å². The van der Waals surface area contributed by atoms with Crippen LogP contribution in [0.1, 0.15) is 32.6 Å². The van der Waals surface area contributed by atoms with E-state index in [9.17, 15) is 4.79 Å². The fraction of sp³-hybridized carbons (Fsp3) is 0.900. The molecule has 2 fully saturated rings. The molecule has 0 atom stereocenters. The number of esters is 1. The molecule has 0 radical (unpaired) electrons. The van der Waals surface area contributed by atoms with Crippen LogP contribution < -0.4 is 0 Å². The first kappa shape index (κ1) is 9.00. The molecule has 3 heteroatoms. The minimum Gasteiger partial charge on any atom is -0.465 e. The number of hydrogen-bond donors (Lipinski definition) is 0. The third-order valence-corrected chi connectivity index (χ3v) is 3.09. The zero-order valence-electron chi connectivity index (χ0n) is 8.21. The van der Waals surface area contributed by atoms with Crippen LogP contribution in [-0.2, 0) is 9.53 Å². The molecule has 1 saturated carbocycles. The van der Waals surface area contributed by atoms with Crippen molar-refractivity contribution in [2.24, 2.45) is 0 Å². The standard InChI is InChI=1S/C10H17NO2/c1-2-13-9(12)10(5-6-10)11-7-3-4-8-11/h2-8H2,1H3. The van der Waals surface area contributed by atoms with Gasteiger partial charge in [-0.15, -0.1) is 0 Å². The fourth-order valence-electron chi connectivity index (χ4n) is 2.18. The Bertz CT molecular complexity index is 205. The average Bonchev–Trinajstić information content (AvgIpc) is 2.76. The van der Waals surface area contributed by atoms with Gasteiger partial charge >= 0.3 is 5.97 Å². The van der Waals surface area contributed by atoms with Crippen LogP contribution in [0, 0.1) is 0 Å². The Morgan fingerprint density at radius 3 is 2.46 bits per heavy atom. The van der Waals surface area contributed by atoms with Crippen LogP contribution in [-0.4, -0.2) is 36.1 Å². The zero-order valence-corrected chi connectivity index (χ0v) is 8.21. The number of hydrogen-bond acceptors (Lipinski definition) is 3. The van der Waals surface area contributed by atoms with Crippen LogP contribution in [0.25, 0.3) is 0 Å². The van der Waals surface area contributed by atoms with Gasteiger partial charge < -0.3 is 4.74 Å². The second-order valence-electron chi connectivity index (χ2n) is 3.95. The Balaban J connectivity index is 1.98. The lowest BCUT2D eigenvalue weighted by molar-refractivity contribution is -0.151. The second kappa shape index (κ2) is 3.29. The fourth-order valence-corrected chi connectivity index (χ4v) is 2.18. The molecule has 1 saturated heterocycles. The predicted molar refractivity (Wildman–Crippen MR) is 49.4 cm³/mol. The molecule has 74 valence electrons. The predicted octanol–water partition coefficient (Wildman–Crippen LogP) is 1.18. The van der Waals surface area contributed by atoms with Gasteiger partial charge in [0, 0.05) is 0 Å². The highest BCUT2D eigenvalue weighted by molar-refractivity contribution is 5.84. The van der Waals surface area contributed by atoms with Gasteiger partial charge in [0.05, 0.1) is 6.61 Å². The van der Waals surface area contributed by atoms with Crippen LogP contribution in [0.3, 0.4) is 0 Å². The Labute approximate surface area is 79.0 Å². The summed E-state index contributed by atoms with van der Waals surface area (Å²) in [5, 5.41) is 0. The van der Waals surface area contributed by atoms with E-state index in [1.807, 2.05) is 6.92 Å². The van der Waals surface area contributed by atoms with E-state index in [1.54, 1.807) is 0 Å². The molecule has 2 aliphatic rings. The Kier molecular flexibility index (Phi) is 2.28. The largest absolute Gasteiger partial charge is 0.465 e. The summed E-state index contributed by atoms with van der Waals surface area (Å²) < 4.78 is 5.10. The molecule has 2 rings (SSSR count). The van der Waals surface area contributed by atoms with Gasteiger partial charge in [-0.25, -0.2) is 0 Å². The number of carbonyl (C=O) groups excluding carboxylic acids is 1. The van der Waals surface area contributed by atoms with Gasteiger partial charge in [-0.3, -0.25) is 9.69 Å². The number of likely N-dealkylation sites (tertiary alicyclic amines) is 1. The van der Waals surface area contributed by atoms with Crippen molar-refractivity contribution >= 4 is 5.97 Å². The highest BCUT2D eigenvalue weighted by Gasteiger charge is 2.56. The average molecular weight is 183 g/mol. The molecule has 0 aromatic rings. The lowest BCUT2D eigenvalue weighted by Crippen LogP contribution is -2.42. The summed E-state index contributed by atoms with van der Waals surface area (Å²) in [6.45, 7) is 4.55. The maximum atomic E-state index is 11.7. The van der Waals surface area contributed by atoms with Gasteiger partial charge in [-0.1, -0.05) is 0 Å². The number of carbonyl (C=O) groups is 1.